The summed E-state index contributed by atoms with van der Waals surface area (Å²) in [6, 6.07) is 0. The summed E-state index contributed by atoms with van der Waals surface area (Å²) in [5.74, 6) is 2.67. The van der Waals surface area contributed by atoms with Crippen molar-refractivity contribution in [2.75, 3.05) is 7.11 Å². The molecule has 20 atom stereocenters. The van der Waals surface area contributed by atoms with Gasteiger partial charge in [-0.2, -0.15) is 0 Å². The van der Waals surface area contributed by atoms with Gasteiger partial charge in [0.05, 0.1) is 42.7 Å². The zero-order valence-corrected chi connectivity index (χ0v) is 31.6. The molecule has 0 amide bonds. The average molecular weight is 655 g/mol. The van der Waals surface area contributed by atoms with Crippen LogP contribution in [-0.2, 0) is 37.9 Å². The number of ether oxygens (including phenoxy) is 8. The number of methoxy groups -OCH3 is 1. The predicted octanol–water partition coefficient (Wildman–Crippen LogP) is 8.05. The van der Waals surface area contributed by atoms with Gasteiger partial charge in [0.15, 0.2) is 25.2 Å². The van der Waals surface area contributed by atoms with Gasteiger partial charge in [-0.3, -0.25) is 0 Å². The Balaban J connectivity index is 1.43. The highest BCUT2D eigenvalue weighted by Crippen LogP contribution is 2.44. The quantitative estimate of drug-likeness (QED) is 0.222. The third-order valence-corrected chi connectivity index (χ3v) is 13.1. The van der Waals surface area contributed by atoms with Crippen LogP contribution in [0, 0.1) is 53.3 Å². The van der Waals surface area contributed by atoms with E-state index in [2.05, 4.69) is 90.0 Å². The predicted molar refractivity (Wildman–Crippen MR) is 180 cm³/mol. The van der Waals surface area contributed by atoms with E-state index in [0.717, 1.165) is 25.7 Å². The van der Waals surface area contributed by atoms with Crippen molar-refractivity contribution in [3.63, 3.8) is 0 Å². The highest BCUT2D eigenvalue weighted by molar-refractivity contribution is 4.93. The van der Waals surface area contributed by atoms with Crippen LogP contribution in [0.2, 0.25) is 0 Å². The fourth-order valence-corrected chi connectivity index (χ4v) is 8.55. The first-order valence-corrected chi connectivity index (χ1v) is 18.9. The first kappa shape index (κ1) is 38.5. The van der Waals surface area contributed by atoms with Crippen LogP contribution in [0.15, 0.2) is 0 Å². The van der Waals surface area contributed by atoms with E-state index in [1.165, 1.54) is 0 Å². The molecule has 4 fully saturated rings. The zero-order chi connectivity index (χ0) is 34.0. The van der Waals surface area contributed by atoms with Crippen LogP contribution < -0.4 is 0 Å². The van der Waals surface area contributed by atoms with E-state index in [9.17, 15) is 0 Å². The molecule has 270 valence electrons. The van der Waals surface area contributed by atoms with Gasteiger partial charge in [0.1, 0.15) is 0 Å². The van der Waals surface area contributed by atoms with Gasteiger partial charge in [-0.1, -0.05) is 90.0 Å². The van der Waals surface area contributed by atoms with Gasteiger partial charge in [0.25, 0.3) is 0 Å². The smallest absolute Gasteiger partial charge is 0.161 e. The van der Waals surface area contributed by atoms with Crippen molar-refractivity contribution in [2.24, 2.45) is 53.3 Å². The van der Waals surface area contributed by atoms with Crippen LogP contribution in [0.1, 0.15) is 116 Å². The first-order valence-electron chi connectivity index (χ1n) is 18.9. The van der Waals surface area contributed by atoms with Crippen molar-refractivity contribution in [3.8, 4) is 0 Å². The van der Waals surface area contributed by atoms with Gasteiger partial charge in [-0.05, 0) is 55.3 Å². The average Bonchev–Trinajstić information content (AvgIpc) is 3.05. The summed E-state index contributed by atoms with van der Waals surface area (Å²) in [7, 11) is 1.73. The minimum absolute atomic E-state index is 0.0307. The molecule has 0 saturated carbocycles. The van der Waals surface area contributed by atoms with E-state index in [0.29, 0.717) is 17.8 Å². The largest absolute Gasteiger partial charge is 0.356 e. The van der Waals surface area contributed by atoms with Crippen LogP contribution in [0.4, 0.5) is 0 Å². The van der Waals surface area contributed by atoms with Crippen molar-refractivity contribution in [3.05, 3.63) is 0 Å². The van der Waals surface area contributed by atoms with Crippen LogP contribution in [0.25, 0.3) is 0 Å². The second-order valence-electron chi connectivity index (χ2n) is 15.6. The Morgan fingerprint density at radius 2 is 0.630 bits per heavy atom. The summed E-state index contributed by atoms with van der Waals surface area (Å²) in [6.45, 7) is 29.2. The van der Waals surface area contributed by atoms with Gasteiger partial charge in [0, 0.05) is 30.8 Å². The number of hydrogen-bond acceptors (Lipinski definition) is 8. The lowest BCUT2D eigenvalue weighted by molar-refractivity contribution is -0.358. The summed E-state index contributed by atoms with van der Waals surface area (Å²) in [5, 5.41) is 0. The molecule has 8 unspecified atom stereocenters. The molecule has 0 aliphatic carbocycles. The fourth-order valence-electron chi connectivity index (χ4n) is 8.55. The Bertz CT molecular complexity index is 911. The van der Waals surface area contributed by atoms with E-state index in [4.69, 9.17) is 37.9 Å². The van der Waals surface area contributed by atoms with E-state index < -0.39 is 0 Å². The maximum Gasteiger partial charge on any atom is 0.161 e. The molecule has 8 nitrogen and oxygen atoms in total. The molecular weight excluding hydrogens is 584 g/mol. The Hall–Kier alpha value is -0.320. The molecule has 4 aliphatic rings. The molecule has 0 N–H and O–H groups in total. The summed E-state index contributed by atoms with van der Waals surface area (Å²) >= 11 is 0. The molecule has 8 heteroatoms. The lowest BCUT2D eigenvalue weighted by Crippen LogP contribution is -2.59. The van der Waals surface area contributed by atoms with Gasteiger partial charge < -0.3 is 37.9 Å². The van der Waals surface area contributed by atoms with Gasteiger partial charge in [-0.15, -0.1) is 0 Å². The molecule has 0 spiro atoms. The number of hydrogen-bond donors (Lipinski definition) is 0. The minimum atomic E-state index is -0.329. The molecule has 0 aromatic rings. The normalized spacial score (nSPS) is 52.0. The molecule has 46 heavy (non-hydrogen) atoms. The third-order valence-electron chi connectivity index (χ3n) is 13.1. The van der Waals surface area contributed by atoms with Crippen molar-refractivity contribution in [1.82, 2.24) is 0 Å². The summed E-state index contributed by atoms with van der Waals surface area (Å²) in [6.07, 6.45) is 2.33. The highest BCUT2D eigenvalue weighted by atomic mass is 16.7. The van der Waals surface area contributed by atoms with Gasteiger partial charge >= 0.3 is 0 Å². The minimum Gasteiger partial charge on any atom is -0.356 e. The molecule has 0 aromatic carbocycles. The molecule has 0 aromatic heterocycles. The van der Waals surface area contributed by atoms with Crippen LogP contribution in [0.5, 0.6) is 0 Å². The summed E-state index contributed by atoms with van der Waals surface area (Å²) in [5.41, 5.74) is 0. The third kappa shape index (κ3) is 7.70. The van der Waals surface area contributed by atoms with Crippen LogP contribution in [-0.4, -0.2) is 75.0 Å². The Morgan fingerprint density at radius 1 is 0.348 bits per heavy atom. The molecular formula is C38H70O8. The van der Waals surface area contributed by atoms with Gasteiger partial charge in [-0.25, -0.2) is 0 Å². The molecule has 0 radical (unpaired) electrons. The zero-order valence-electron chi connectivity index (χ0n) is 31.6. The van der Waals surface area contributed by atoms with Crippen molar-refractivity contribution in [1.29, 1.82) is 0 Å². The first-order chi connectivity index (χ1) is 21.8. The van der Waals surface area contributed by atoms with Gasteiger partial charge in [0.2, 0.25) is 0 Å². The van der Waals surface area contributed by atoms with E-state index in [-0.39, 0.29) is 103 Å². The van der Waals surface area contributed by atoms with Crippen molar-refractivity contribution in [2.45, 2.75) is 184 Å². The maximum absolute atomic E-state index is 6.97. The van der Waals surface area contributed by atoms with E-state index in [1.54, 1.807) is 7.11 Å². The Labute approximate surface area is 281 Å². The summed E-state index contributed by atoms with van der Waals surface area (Å²) < 4.78 is 52.8. The standard InChI is InChI=1S/C38H70O8/c1-15-28-20(6)19(5)24(10)36(40-28)44-33-22(8)26(12)38(42-30(33)17-3)46-34-23(9)27(13)37(43-31(34)18-4)45-32-21(7)25(11)35(39-14)41-29(32)16-2/h19-38H,15-18H2,1-14H3/t19-,20-,21?,22?,23+,24?,25?,26?,27?,28?,29-,30-,31?,32-,33-,34-,35+,36-,37-,38-/m0/s1. The summed E-state index contributed by atoms with van der Waals surface area (Å²) in [4.78, 5) is 0. The highest BCUT2D eigenvalue weighted by Gasteiger charge is 2.51. The SMILES string of the molecule is CCC1O[C@@H](O[C@H]2C(C)C(C)[C@H](O[C@@H]3C(CC)O[C@@H](O[C@H]4C(C)C(C)[C@H](OC)O[C@H]4CC)C(C)[C@H]3C)O[C@H]2CC)C(C)[C@@H](C)[C@@H]1C. The fraction of sp³-hybridized carbons (Fsp3) is 1.00. The van der Waals surface area contributed by atoms with Crippen molar-refractivity contribution < 1.29 is 37.9 Å². The molecule has 0 bridgehead atoms. The topological polar surface area (TPSA) is 73.8 Å². The van der Waals surface area contributed by atoms with Crippen LogP contribution in [0.3, 0.4) is 0 Å². The lowest BCUT2D eigenvalue weighted by Gasteiger charge is -2.52. The maximum atomic E-state index is 6.97. The Kier molecular flexibility index (Phi) is 13.9. The second kappa shape index (κ2) is 16.6. The molecule has 4 heterocycles. The second-order valence-corrected chi connectivity index (χ2v) is 15.6. The number of rotatable bonds is 11. The monoisotopic (exact) mass is 655 g/mol. The van der Waals surface area contributed by atoms with E-state index in [1.807, 2.05) is 0 Å². The Morgan fingerprint density at radius 3 is 0.957 bits per heavy atom. The molecule has 4 saturated heterocycles. The molecule has 4 aliphatic heterocycles. The van der Waals surface area contributed by atoms with E-state index >= 15 is 0 Å². The van der Waals surface area contributed by atoms with Crippen LogP contribution >= 0.6 is 0 Å². The lowest BCUT2D eigenvalue weighted by atomic mass is 9.78. The molecule has 4 rings (SSSR count). The van der Waals surface area contributed by atoms with Crippen molar-refractivity contribution >= 4 is 0 Å².